The third kappa shape index (κ3) is 3.42. The van der Waals surface area contributed by atoms with Crippen LogP contribution in [0.4, 0.5) is 0 Å². The Hall–Kier alpha value is -1.59. The molecule has 0 bridgehead atoms. The maximum atomic E-state index is 13.0. The molecule has 5 nitrogen and oxygen atoms in total. The van der Waals surface area contributed by atoms with Gasteiger partial charge in [0.25, 0.3) is 5.91 Å². The average Bonchev–Trinajstić information content (AvgIpc) is 2.49. The molecule has 3 rings (SSSR count). The molecule has 1 aliphatic heterocycles. The van der Waals surface area contributed by atoms with E-state index >= 15 is 0 Å². The first-order chi connectivity index (χ1) is 11.5. The van der Waals surface area contributed by atoms with E-state index in [1.165, 1.54) is 19.3 Å². The zero-order chi connectivity index (χ0) is 17.3. The summed E-state index contributed by atoms with van der Waals surface area (Å²) in [6.07, 6.45) is 3.45. The third-order valence-electron chi connectivity index (χ3n) is 5.54. The number of methoxy groups -OCH3 is 1. The van der Waals surface area contributed by atoms with E-state index in [4.69, 9.17) is 4.74 Å². The first kappa shape index (κ1) is 17.2. The molecular formula is C19H28N2O3. The van der Waals surface area contributed by atoms with Crippen molar-refractivity contribution in [3.8, 4) is 5.75 Å². The number of carbonyl (C=O) groups is 1. The number of likely N-dealkylation sites (N-methyl/N-ethyl adjacent to an activating group) is 1. The molecule has 0 spiro atoms. The number of carbonyl (C=O) groups excluding carboxylic acids is 1. The number of aryl methyl sites for hydroxylation is 1. The minimum atomic E-state index is -0.197. The Morgan fingerprint density at radius 3 is 2.62 bits per heavy atom. The van der Waals surface area contributed by atoms with Crippen LogP contribution in [0.15, 0.2) is 18.2 Å². The molecule has 2 fully saturated rings. The normalized spacial score (nSPS) is 20.2. The van der Waals surface area contributed by atoms with E-state index in [2.05, 4.69) is 4.90 Å². The molecule has 24 heavy (non-hydrogen) atoms. The second-order valence-electron chi connectivity index (χ2n) is 7.23. The van der Waals surface area contributed by atoms with Gasteiger partial charge >= 0.3 is 0 Å². The van der Waals surface area contributed by atoms with Gasteiger partial charge in [-0.15, -0.1) is 0 Å². The number of nitrogens with zero attached hydrogens (tertiary/aromatic N) is 2. The van der Waals surface area contributed by atoms with E-state index in [1.54, 1.807) is 7.11 Å². The molecule has 1 aromatic carbocycles. The summed E-state index contributed by atoms with van der Waals surface area (Å²) in [5.41, 5.74) is 1.69. The Bertz CT molecular complexity index is 594. The molecule has 0 radical (unpaired) electrons. The fourth-order valence-corrected chi connectivity index (χ4v) is 3.73. The maximum Gasteiger partial charge on any atom is 0.253 e. The molecule has 1 saturated heterocycles. The van der Waals surface area contributed by atoms with Crippen LogP contribution >= 0.6 is 0 Å². The highest BCUT2D eigenvalue weighted by Crippen LogP contribution is 2.33. The Morgan fingerprint density at radius 1 is 1.42 bits per heavy atom. The van der Waals surface area contributed by atoms with Gasteiger partial charge in [-0.05, 0) is 49.4 Å². The lowest BCUT2D eigenvalue weighted by Crippen LogP contribution is -2.58. The van der Waals surface area contributed by atoms with E-state index in [-0.39, 0.29) is 18.1 Å². The number of amides is 1. The molecule has 1 amide bonds. The highest BCUT2D eigenvalue weighted by Gasteiger charge is 2.36. The fourth-order valence-electron chi connectivity index (χ4n) is 3.73. The lowest BCUT2D eigenvalue weighted by molar-refractivity contribution is -0.0223. The van der Waals surface area contributed by atoms with Crippen LogP contribution in [0.3, 0.4) is 0 Å². The van der Waals surface area contributed by atoms with Crippen LogP contribution in [-0.2, 0) is 0 Å². The molecule has 0 aromatic heterocycles. The number of aliphatic hydroxyl groups excluding tert-OH is 1. The summed E-state index contributed by atoms with van der Waals surface area (Å²) in [7, 11) is 3.56. The topological polar surface area (TPSA) is 53.0 Å². The molecule has 132 valence electrons. The number of rotatable bonds is 6. The molecule has 1 unspecified atom stereocenters. The Labute approximate surface area is 144 Å². The molecule has 1 N–H and O–H groups in total. The highest BCUT2D eigenvalue weighted by molar-refractivity contribution is 5.94. The van der Waals surface area contributed by atoms with E-state index < -0.39 is 0 Å². The first-order valence-corrected chi connectivity index (χ1v) is 8.82. The average molecular weight is 332 g/mol. The van der Waals surface area contributed by atoms with E-state index in [0.29, 0.717) is 11.5 Å². The van der Waals surface area contributed by atoms with Crippen LogP contribution in [0.25, 0.3) is 0 Å². The number of ether oxygens (including phenoxy) is 1. The van der Waals surface area contributed by atoms with Gasteiger partial charge < -0.3 is 14.7 Å². The Balaban J connectivity index is 1.72. The van der Waals surface area contributed by atoms with E-state index in [9.17, 15) is 9.90 Å². The number of hydrogen-bond donors (Lipinski definition) is 1. The van der Waals surface area contributed by atoms with Crippen molar-refractivity contribution in [2.75, 3.05) is 33.8 Å². The fraction of sp³-hybridized carbons (Fsp3) is 0.632. The standard InChI is InChI=1S/C19H28N2O3/c1-13-9-15(7-8-18(13)24-3)19(23)20(2)17(14-5-4-6-14)12-21-10-16(22)11-21/h7-9,14,16-17,22H,4-6,10-12H2,1-3H3. The largest absolute Gasteiger partial charge is 0.496 e. The predicted molar refractivity (Wildman–Crippen MR) is 93.4 cm³/mol. The van der Waals surface area contributed by atoms with Crippen molar-refractivity contribution in [3.05, 3.63) is 29.3 Å². The number of likely N-dealkylation sites (tertiary alicyclic amines) is 1. The Kier molecular flexibility index (Phi) is 5.11. The quantitative estimate of drug-likeness (QED) is 0.865. The summed E-state index contributed by atoms with van der Waals surface area (Å²) in [5.74, 6) is 1.45. The third-order valence-corrected chi connectivity index (χ3v) is 5.54. The van der Waals surface area contributed by atoms with Crippen molar-refractivity contribution < 1.29 is 14.6 Å². The van der Waals surface area contributed by atoms with Crippen molar-refractivity contribution in [2.24, 2.45) is 5.92 Å². The van der Waals surface area contributed by atoms with Crippen molar-refractivity contribution in [1.82, 2.24) is 9.80 Å². The molecule has 5 heteroatoms. The van der Waals surface area contributed by atoms with Crippen LogP contribution in [0, 0.1) is 12.8 Å². The van der Waals surface area contributed by atoms with E-state index in [1.807, 2.05) is 37.1 Å². The van der Waals surface area contributed by atoms with Crippen molar-refractivity contribution in [3.63, 3.8) is 0 Å². The van der Waals surface area contributed by atoms with Crippen molar-refractivity contribution in [2.45, 2.75) is 38.3 Å². The van der Waals surface area contributed by atoms with Crippen molar-refractivity contribution in [1.29, 1.82) is 0 Å². The molecule has 1 aliphatic carbocycles. The molecule has 2 aliphatic rings. The molecule has 1 aromatic rings. The number of benzene rings is 1. The van der Waals surface area contributed by atoms with Crippen LogP contribution in [0.2, 0.25) is 0 Å². The van der Waals surface area contributed by atoms with Gasteiger partial charge in [0.05, 0.1) is 13.2 Å². The SMILES string of the molecule is COc1ccc(C(=O)N(C)C(CN2CC(O)C2)C2CCC2)cc1C. The Morgan fingerprint density at radius 2 is 2.12 bits per heavy atom. The minimum absolute atomic E-state index is 0.0683. The van der Waals surface area contributed by atoms with Crippen LogP contribution in [0.5, 0.6) is 5.75 Å². The zero-order valence-electron chi connectivity index (χ0n) is 14.9. The monoisotopic (exact) mass is 332 g/mol. The maximum absolute atomic E-state index is 13.0. The number of hydrogen-bond acceptors (Lipinski definition) is 4. The summed E-state index contributed by atoms with van der Waals surface area (Å²) in [6.45, 7) is 4.28. The molecular weight excluding hydrogens is 304 g/mol. The molecule has 1 heterocycles. The zero-order valence-corrected chi connectivity index (χ0v) is 14.9. The van der Waals surface area contributed by atoms with Crippen molar-refractivity contribution >= 4 is 5.91 Å². The van der Waals surface area contributed by atoms with E-state index in [0.717, 1.165) is 30.9 Å². The minimum Gasteiger partial charge on any atom is -0.496 e. The lowest BCUT2D eigenvalue weighted by atomic mass is 9.78. The summed E-state index contributed by atoms with van der Waals surface area (Å²) < 4.78 is 5.28. The van der Waals surface area contributed by atoms with Gasteiger partial charge in [0.2, 0.25) is 0 Å². The number of aliphatic hydroxyl groups is 1. The number of β-amino-alcohol motifs (C(OH)–C–C–N with tert-alkyl or cyclic N) is 1. The van der Waals surface area contributed by atoms with Gasteiger partial charge in [0.1, 0.15) is 5.75 Å². The summed E-state index contributed by atoms with van der Waals surface area (Å²) in [4.78, 5) is 17.1. The highest BCUT2D eigenvalue weighted by atomic mass is 16.5. The van der Waals surface area contributed by atoms with Gasteiger partial charge in [0, 0.05) is 38.3 Å². The van der Waals surface area contributed by atoms with Gasteiger partial charge in [-0.25, -0.2) is 0 Å². The van der Waals surface area contributed by atoms with Crippen LogP contribution in [-0.4, -0.2) is 66.8 Å². The lowest BCUT2D eigenvalue weighted by Gasteiger charge is -2.45. The van der Waals surface area contributed by atoms with Crippen LogP contribution in [0.1, 0.15) is 35.2 Å². The second-order valence-corrected chi connectivity index (χ2v) is 7.23. The van der Waals surface area contributed by atoms with Crippen LogP contribution < -0.4 is 4.74 Å². The second kappa shape index (κ2) is 7.11. The summed E-state index contributed by atoms with van der Waals surface area (Å²) in [6, 6.07) is 5.83. The van der Waals surface area contributed by atoms with Gasteiger partial charge in [-0.3, -0.25) is 9.69 Å². The summed E-state index contributed by atoms with van der Waals surface area (Å²) >= 11 is 0. The molecule has 1 atom stereocenters. The van der Waals surface area contributed by atoms with Gasteiger partial charge in [0.15, 0.2) is 0 Å². The van der Waals surface area contributed by atoms with Gasteiger partial charge in [-0.2, -0.15) is 0 Å². The smallest absolute Gasteiger partial charge is 0.253 e. The van der Waals surface area contributed by atoms with Gasteiger partial charge in [-0.1, -0.05) is 6.42 Å². The molecule has 1 saturated carbocycles. The predicted octanol–water partition coefficient (Wildman–Crippen LogP) is 1.92. The summed E-state index contributed by atoms with van der Waals surface area (Å²) in [5, 5.41) is 9.51. The first-order valence-electron chi connectivity index (χ1n) is 8.82.